The standard InChI is InChI=1S/C17H26N2O3/c1-7-19-12(5)14(9-10-15(20)18-11(3)4)16(13(19)6)17(21)22-8-2/h9-11H,7-8H2,1-6H3,(H,18,20)/b10-9+. The number of hydrogen-bond donors (Lipinski definition) is 1. The van der Waals surface area contributed by atoms with E-state index >= 15 is 0 Å². The molecule has 0 atom stereocenters. The van der Waals surface area contributed by atoms with Crippen LogP contribution in [-0.4, -0.2) is 29.1 Å². The van der Waals surface area contributed by atoms with Crippen LogP contribution in [0.2, 0.25) is 0 Å². The van der Waals surface area contributed by atoms with Gasteiger partial charge >= 0.3 is 5.97 Å². The Kier molecular flexibility index (Phi) is 6.40. The van der Waals surface area contributed by atoms with Gasteiger partial charge in [-0.3, -0.25) is 4.79 Å². The number of rotatable bonds is 6. The van der Waals surface area contributed by atoms with Crippen LogP contribution in [0.5, 0.6) is 0 Å². The van der Waals surface area contributed by atoms with E-state index in [9.17, 15) is 9.59 Å². The lowest BCUT2D eigenvalue weighted by Crippen LogP contribution is -2.28. The molecule has 1 aromatic rings. The van der Waals surface area contributed by atoms with Gasteiger partial charge in [-0.25, -0.2) is 4.79 Å². The maximum atomic E-state index is 12.2. The molecule has 0 saturated carbocycles. The van der Waals surface area contributed by atoms with E-state index in [0.717, 1.165) is 23.5 Å². The van der Waals surface area contributed by atoms with Crippen molar-refractivity contribution in [3.63, 3.8) is 0 Å². The molecule has 5 heteroatoms. The maximum Gasteiger partial charge on any atom is 0.340 e. The monoisotopic (exact) mass is 306 g/mol. The third-order valence-electron chi connectivity index (χ3n) is 3.46. The minimum Gasteiger partial charge on any atom is -0.462 e. The van der Waals surface area contributed by atoms with Crippen LogP contribution in [0.1, 0.15) is 55.0 Å². The Balaban J connectivity index is 3.24. The number of nitrogens with one attached hydrogen (secondary N) is 1. The van der Waals surface area contributed by atoms with Gasteiger partial charge in [0.25, 0.3) is 0 Å². The summed E-state index contributed by atoms with van der Waals surface area (Å²) < 4.78 is 7.19. The fraction of sp³-hybridized carbons (Fsp3) is 0.529. The van der Waals surface area contributed by atoms with E-state index in [-0.39, 0.29) is 17.9 Å². The number of carbonyl (C=O) groups excluding carboxylic acids is 2. The minimum absolute atomic E-state index is 0.0738. The zero-order valence-electron chi connectivity index (χ0n) is 14.3. The largest absolute Gasteiger partial charge is 0.462 e. The molecule has 5 nitrogen and oxygen atoms in total. The first-order valence-corrected chi connectivity index (χ1v) is 7.68. The average Bonchev–Trinajstić information content (AvgIpc) is 2.66. The number of nitrogens with zero attached hydrogens (tertiary/aromatic N) is 1. The summed E-state index contributed by atoms with van der Waals surface area (Å²) in [6, 6.07) is 0.0738. The van der Waals surface area contributed by atoms with Crippen molar-refractivity contribution in [2.24, 2.45) is 0 Å². The number of aromatic nitrogens is 1. The fourth-order valence-corrected chi connectivity index (χ4v) is 2.54. The summed E-state index contributed by atoms with van der Waals surface area (Å²) in [5.41, 5.74) is 3.10. The van der Waals surface area contributed by atoms with Gasteiger partial charge in [0.2, 0.25) is 5.91 Å². The Morgan fingerprint density at radius 3 is 2.36 bits per heavy atom. The zero-order chi connectivity index (χ0) is 16.9. The van der Waals surface area contributed by atoms with Crippen molar-refractivity contribution >= 4 is 18.0 Å². The van der Waals surface area contributed by atoms with Crippen LogP contribution < -0.4 is 5.32 Å². The van der Waals surface area contributed by atoms with Gasteiger partial charge < -0.3 is 14.6 Å². The Morgan fingerprint density at radius 1 is 1.23 bits per heavy atom. The van der Waals surface area contributed by atoms with Crippen LogP contribution in [0.4, 0.5) is 0 Å². The van der Waals surface area contributed by atoms with Crippen molar-refractivity contribution < 1.29 is 14.3 Å². The van der Waals surface area contributed by atoms with Crippen molar-refractivity contribution in [2.45, 2.75) is 54.1 Å². The summed E-state index contributed by atoms with van der Waals surface area (Å²) in [4.78, 5) is 24.0. The Hall–Kier alpha value is -2.04. The molecule has 0 saturated heterocycles. The lowest BCUT2D eigenvalue weighted by Gasteiger charge is -2.05. The number of amides is 1. The number of carbonyl (C=O) groups is 2. The van der Waals surface area contributed by atoms with Gasteiger partial charge in [-0.15, -0.1) is 0 Å². The van der Waals surface area contributed by atoms with Gasteiger partial charge in [0, 0.05) is 35.6 Å². The minimum atomic E-state index is -0.348. The summed E-state index contributed by atoms with van der Waals surface area (Å²) in [5, 5.41) is 2.79. The first-order valence-electron chi connectivity index (χ1n) is 7.68. The van der Waals surface area contributed by atoms with Crippen LogP contribution in [0, 0.1) is 13.8 Å². The molecule has 0 bridgehead atoms. The zero-order valence-corrected chi connectivity index (χ0v) is 14.3. The van der Waals surface area contributed by atoms with Gasteiger partial charge in [0.05, 0.1) is 12.2 Å². The first-order chi connectivity index (χ1) is 10.3. The molecule has 0 aliphatic carbocycles. The predicted molar refractivity (Wildman–Crippen MR) is 87.8 cm³/mol. The molecule has 1 amide bonds. The van der Waals surface area contributed by atoms with Crippen molar-refractivity contribution in [3.05, 3.63) is 28.6 Å². The van der Waals surface area contributed by atoms with Gasteiger partial charge in [0.1, 0.15) is 0 Å². The summed E-state index contributed by atoms with van der Waals surface area (Å²) in [6.45, 7) is 12.5. The highest BCUT2D eigenvalue weighted by Gasteiger charge is 2.22. The van der Waals surface area contributed by atoms with Gasteiger partial charge in [-0.1, -0.05) is 0 Å². The van der Waals surface area contributed by atoms with Crippen LogP contribution >= 0.6 is 0 Å². The summed E-state index contributed by atoms with van der Waals surface area (Å²) in [6.07, 6.45) is 3.16. The third-order valence-corrected chi connectivity index (χ3v) is 3.46. The third kappa shape index (κ3) is 4.00. The molecule has 0 aliphatic rings. The van der Waals surface area contributed by atoms with E-state index in [0.29, 0.717) is 12.2 Å². The Labute approximate surface area is 132 Å². The molecule has 0 unspecified atom stereocenters. The molecule has 22 heavy (non-hydrogen) atoms. The Morgan fingerprint density at radius 2 is 1.86 bits per heavy atom. The van der Waals surface area contributed by atoms with Crippen molar-refractivity contribution in [3.8, 4) is 0 Å². The number of esters is 1. The van der Waals surface area contributed by atoms with E-state index < -0.39 is 0 Å². The second kappa shape index (κ2) is 7.82. The molecule has 0 radical (unpaired) electrons. The summed E-state index contributed by atoms with van der Waals surface area (Å²) in [5.74, 6) is -0.523. The molecule has 1 N–H and O–H groups in total. The van der Waals surface area contributed by atoms with E-state index in [1.165, 1.54) is 6.08 Å². The Bertz CT molecular complexity index is 583. The maximum absolute atomic E-state index is 12.2. The van der Waals surface area contributed by atoms with E-state index in [1.54, 1.807) is 13.0 Å². The second-order valence-electron chi connectivity index (χ2n) is 5.42. The molecular formula is C17H26N2O3. The molecule has 0 fully saturated rings. The fourth-order valence-electron chi connectivity index (χ4n) is 2.54. The molecular weight excluding hydrogens is 280 g/mol. The molecule has 0 spiro atoms. The summed E-state index contributed by atoms with van der Waals surface area (Å²) >= 11 is 0. The van der Waals surface area contributed by atoms with Crippen LogP contribution in [0.3, 0.4) is 0 Å². The van der Waals surface area contributed by atoms with Crippen LogP contribution in [-0.2, 0) is 16.1 Å². The molecule has 0 aromatic carbocycles. The van der Waals surface area contributed by atoms with E-state index in [4.69, 9.17) is 4.74 Å². The number of hydrogen-bond acceptors (Lipinski definition) is 3. The lowest BCUT2D eigenvalue weighted by atomic mass is 10.1. The highest BCUT2D eigenvalue weighted by atomic mass is 16.5. The topological polar surface area (TPSA) is 60.3 Å². The van der Waals surface area contributed by atoms with Crippen LogP contribution in [0.15, 0.2) is 6.08 Å². The van der Waals surface area contributed by atoms with Crippen LogP contribution in [0.25, 0.3) is 6.08 Å². The molecule has 0 aliphatic heterocycles. The molecule has 1 aromatic heterocycles. The molecule has 1 heterocycles. The van der Waals surface area contributed by atoms with Crippen molar-refractivity contribution in [1.82, 2.24) is 9.88 Å². The smallest absolute Gasteiger partial charge is 0.340 e. The first kappa shape index (κ1) is 18.0. The highest BCUT2D eigenvalue weighted by molar-refractivity contribution is 5.98. The van der Waals surface area contributed by atoms with E-state index in [2.05, 4.69) is 5.32 Å². The normalized spacial score (nSPS) is 11.2. The average molecular weight is 306 g/mol. The highest BCUT2D eigenvalue weighted by Crippen LogP contribution is 2.24. The van der Waals surface area contributed by atoms with Gasteiger partial charge in [-0.05, 0) is 47.6 Å². The van der Waals surface area contributed by atoms with Gasteiger partial charge in [0.15, 0.2) is 0 Å². The lowest BCUT2D eigenvalue weighted by molar-refractivity contribution is -0.116. The molecule has 122 valence electrons. The SMILES string of the molecule is CCOC(=O)c1c(/C=C/C(=O)NC(C)C)c(C)n(CC)c1C. The van der Waals surface area contributed by atoms with E-state index in [1.807, 2.05) is 39.2 Å². The second-order valence-corrected chi connectivity index (χ2v) is 5.42. The number of ether oxygens (including phenoxy) is 1. The quantitative estimate of drug-likeness (QED) is 0.649. The summed E-state index contributed by atoms with van der Waals surface area (Å²) in [7, 11) is 0. The van der Waals surface area contributed by atoms with Gasteiger partial charge in [-0.2, -0.15) is 0 Å². The van der Waals surface area contributed by atoms with Crippen molar-refractivity contribution in [2.75, 3.05) is 6.61 Å². The van der Waals surface area contributed by atoms with Crippen molar-refractivity contribution in [1.29, 1.82) is 0 Å². The molecule has 1 rings (SSSR count). The predicted octanol–water partition coefficient (Wildman–Crippen LogP) is 2.84.